The highest BCUT2D eigenvalue weighted by molar-refractivity contribution is 5.78. The number of aliphatic hydroxyl groups is 1. The lowest BCUT2D eigenvalue weighted by Gasteiger charge is -2.16. The molecule has 1 aliphatic rings. The molecule has 1 amide bonds. The fourth-order valence-electron chi connectivity index (χ4n) is 1.93. The Morgan fingerprint density at radius 1 is 1.67 bits per heavy atom. The Bertz CT molecular complexity index is 197. The summed E-state index contributed by atoms with van der Waals surface area (Å²) in [5, 5.41) is 15.1. The quantitative estimate of drug-likeness (QED) is 0.570. The lowest BCUT2D eigenvalue weighted by Crippen LogP contribution is -2.37. The zero-order chi connectivity index (χ0) is 11.1. The van der Waals surface area contributed by atoms with Crippen LogP contribution in [0.4, 0.5) is 0 Å². The van der Waals surface area contributed by atoms with Gasteiger partial charge in [0.25, 0.3) is 0 Å². The summed E-state index contributed by atoms with van der Waals surface area (Å²) in [5.74, 6) is 0.719. The summed E-state index contributed by atoms with van der Waals surface area (Å²) in [6, 6.07) is 0.309. The van der Waals surface area contributed by atoms with E-state index in [1.165, 1.54) is 0 Å². The van der Waals surface area contributed by atoms with Gasteiger partial charge in [0, 0.05) is 25.6 Å². The van der Waals surface area contributed by atoms with Crippen LogP contribution in [0.25, 0.3) is 0 Å². The molecule has 1 saturated heterocycles. The van der Waals surface area contributed by atoms with Crippen LogP contribution in [-0.4, -0.2) is 36.8 Å². The fourth-order valence-corrected chi connectivity index (χ4v) is 1.93. The maximum Gasteiger partial charge on any atom is 0.220 e. The Balaban J connectivity index is 2.06. The van der Waals surface area contributed by atoms with Crippen molar-refractivity contribution in [3.8, 4) is 0 Å². The first kappa shape index (κ1) is 12.5. The summed E-state index contributed by atoms with van der Waals surface area (Å²) in [6.07, 6.45) is 3.56. The summed E-state index contributed by atoms with van der Waals surface area (Å²) in [7, 11) is 0. The molecule has 0 aromatic carbocycles. The average Bonchev–Trinajstić information content (AvgIpc) is 2.63. The first-order chi connectivity index (χ1) is 7.26. The summed E-state index contributed by atoms with van der Waals surface area (Å²) in [4.78, 5) is 10.9. The summed E-state index contributed by atoms with van der Waals surface area (Å²) >= 11 is 0. The predicted octanol–water partition coefficient (Wildman–Crippen LogP) is 0.263. The minimum absolute atomic E-state index is 0.171. The topological polar surface area (TPSA) is 61.4 Å². The lowest BCUT2D eigenvalue weighted by molar-refractivity contribution is -0.119. The van der Waals surface area contributed by atoms with Crippen LogP contribution < -0.4 is 10.6 Å². The van der Waals surface area contributed by atoms with Gasteiger partial charge in [0.2, 0.25) is 5.91 Å². The van der Waals surface area contributed by atoms with Gasteiger partial charge in [-0.1, -0.05) is 13.3 Å². The minimum Gasteiger partial charge on any atom is -0.396 e. The SMILES string of the molecule is CCC(CCO)CNCC1CCC(=O)N1. The molecule has 1 aliphatic heterocycles. The van der Waals surface area contributed by atoms with Crippen LogP contribution >= 0.6 is 0 Å². The molecule has 1 heterocycles. The van der Waals surface area contributed by atoms with E-state index in [-0.39, 0.29) is 12.5 Å². The Labute approximate surface area is 91.4 Å². The van der Waals surface area contributed by atoms with Crippen LogP contribution in [0.2, 0.25) is 0 Å². The smallest absolute Gasteiger partial charge is 0.220 e. The largest absolute Gasteiger partial charge is 0.396 e. The summed E-state index contributed by atoms with van der Waals surface area (Å²) < 4.78 is 0. The molecular weight excluding hydrogens is 192 g/mol. The van der Waals surface area contributed by atoms with Gasteiger partial charge in [0.1, 0.15) is 0 Å². The summed E-state index contributed by atoms with van der Waals surface area (Å²) in [6.45, 7) is 4.19. The number of carbonyl (C=O) groups excluding carboxylic acids is 1. The number of carbonyl (C=O) groups is 1. The first-order valence-corrected chi connectivity index (χ1v) is 5.87. The molecule has 0 bridgehead atoms. The van der Waals surface area contributed by atoms with Crippen molar-refractivity contribution in [3.63, 3.8) is 0 Å². The third kappa shape index (κ3) is 4.62. The van der Waals surface area contributed by atoms with Crippen molar-refractivity contribution < 1.29 is 9.90 Å². The average molecular weight is 214 g/mol. The third-order valence-corrected chi connectivity index (χ3v) is 3.02. The van der Waals surface area contributed by atoms with E-state index in [0.29, 0.717) is 18.4 Å². The molecule has 0 saturated carbocycles. The van der Waals surface area contributed by atoms with Crippen molar-refractivity contribution in [2.45, 2.75) is 38.6 Å². The van der Waals surface area contributed by atoms with Crippen molar-refractivity contribution >= 4 is 5.91 Å². The molecule has 0 spiro atoms. The van der Waals surface area contributed by atoms with Crippen LogP contribution in [0.1, 0.15) is 32.6 Å². The molecule has 4 nitrogen and oxygen atoms in total. The van der Waals surface area contributed by atoms with Crippen molar-refractivity contribution in [2.75, 3.05) is 19.7 Å². The van der Waals surface area contributed by atoms with E-state index < -0.39 is 0 Å². The van der Waals surface area contributed by atoms with Gasteiger partial charge in [-0.15, -0.1) is 0 Å². The maximum absolute atomic E-state index is 10.9. The fraction of sp³-hybridized carbons (Fsp3) is 0.909. The van der Waals surface area contributed by atoms with E-state index in [1.54, 1.807) is 0 Å². The van der Waals surface area contributed by atoms with Gasteiger partial charge in [0.05, 0.1) is 0 Å². The molecule has 1 fully saturated rings. The number of nitrogens with one attached hydrogen (secondary N) is 2. The molecule has 4 heteroatoms. The zero-order valence-electron chi connectivity index (χ0n) is 9.46. The van der Waals surface area contributed by atoms with Crippen LogP contribution in [0.15, 0.2) is 0 Å². The number of hydrogen-bond donors (Lipinski definition) is 3. The molecule has 2 unspecified atom stereocenters. The second kappa shape index (κ2) is 6.80. The van der Waals surface area contributed by atoms with E-state index in [4.69, 9.17) is 5.11 Å². The number of rotatable bonds is 7. The van der Waals surface area contributed by atoms with Gasteiger partial charge in [-0.05, 0) is 25.3 Å². The highest BCUT2D eigenvalue weighted by Crippen LogP contribution is 2.07. The standard InChI is InChI=1S/C11H22N2O2/c1-2-9(5-6-14)7-12-8-10-3-4-11(15)13-10/h9-10,12,14H,2-8H2,1H3,(H,13,15). The first-order valence-electron chi connectivity index (χ1n) is 5.87. The van der Waals surface area contributed by atoms with Crippen molar-refractivity contribution in [1.29, 1.82) is 0 Å². The van der Waals surface area contributed by atoms with Crippen molar-refractivity contribution in [3.05, 3.63) is 0 Å². The van der Waals surface area contributed by atoms with Gasteiger partial charge >= 0.3 is 0 Å². The normalized spacial score (nSPS) is 22.8. The van der Waals surface area contributed by atoms with E-state index in [0.717, 1.165) is 32.4 Å². The molecule has 88 valence electrons. The lowest BCUT2D eigenvalue weighted by atomic mass is 10.0. The van der Waals surface area contributed by atoms with Gasteiger partial charge < -0.3 is 15.7 Å². The van der Waals surface area contributed by atoms with Crippen LogP contribution in [-0.2, 0) is 4.79 Å². The third-order valence-electron chi connectivity index (χ3n) is 3.02. The number of amides is 1. The molecular formula is C11H22N2O2. The second-order valence-electron chi connectivity index (χ2n) is 4.25. The van der Waals surface area contributed by atoms with Crippen LogP contribution in [0, 0.1) is 5.92 Å². The Kier molecular flexibility index (Phi) is 5.65. The molecule has 1 rings (SSSR count). The van der Waals surface area contributed by atoms with Crippen LogP contribution in [0.3, 0.4) is 0 Å². The minimum atomic E-state index is 0.171. The summed E-state index contributed by atoms with van der Waals surface area (Å²) in [5.41, 5.74) is 0. The van der Waals surface area contributed by atoms with E-state index in [2.05, 4.69) is 17.6 Å². The van der Waals surface area contributed by atoms with Gasteiger partial charge in [-0.25, -0.2) is 0 Å². The van der Waals surface area contributed by atoms with Crippen molar-refractivity contribution in [1.82, 2.24) is 10.6 Å². The van der Waals surface area contributed by atoms with Gasteiger partial charge in [0.15, 0.2) is 0 Å². The predicted molar refractivity (Wildman–Crippen MR) is 59.5 cm³/mol. The van der Waals surface area contributed by atoms with Crippen molar-refractivity contribution in [2.24, 2.45) is 5.92 Å². The Morgan fingerprint density at radius 3 is 3.00 bits per heavy atom. The Morgan fingerprint density at radius 2 is 2.47 bits per heavy atom. The van der Waals surface area contributed by atoms with Gasteiger partial charge in [-0.2, -0.15) is 0 Å². The Hall–Kier alpha value is -0.610. The molecule has 0 radical (unpaired) electrons. The molecule has 0 aromatic rings. The van der Waals surface area contributed by atoms with Crippen LogP contribution in [0.5, 0.6) is 0 Å². The van der Waals surface area contributed by atoms with E-state index in [1.807, 2.05) is 0 Å². The molecule has 3 N–H and O–H groups in total. The molecule has 0 aliphatic carbocycles. The highest BCUT2D eigenvalue weighted by Gasteiger charge is 2.20. The molecule has 15 heavy (non-hydrogen) atoms. The number of hydrogen-bond acceptors (Lipinski definition) is 3. The zero-order valence-corrected chi connectivity index (χ0v) is 9.46. The maximum atomic E-state index is 10.9. The van der Waals surface area contributed by atoms with E-state index in [9.17, 15) is 4.79 Å². The molecule has 0 aromatic heterocycles. The number of aliphatic hydroxyl groups excluding tert-OH is 1. The monoisotopic (exact) mass is 214 g/mol. The van der Waals surface area contributed by atoms with Gasteiger partial charge in [-0.3, -0.25) is 4.79 Å². The second-order valence-corrected chi connectivity index (χ2v) is 4.25. The van der Waals surface area contributed by atoms with E-state index >= 15 is 0 Å². The highest BCUT2D eigenvalue weighted by atomic mass is 16.3. The molecule has 2 atom stereocenters.